The molecule has 88 valence electrons. The fraction of sp³-hybridized carbons (Fsp3) is 0.154. The van der Waals surface area contributed by atoms with Crippen LogP contribution in [-0.2, 0) is 9.53 Å². The van der Waals surface area contributed by atoms with E-state index in [1.165, 1.54) is 7.11 Å². The zero-order valence-corrected chi connectivity index (χ0v) is 11.0. The number of methoxy groups -OCH3 is 1. The minimum absolute atomic E-state index is 0.0599. The smallest absolute Gasteiger partial charge is 0.250 e. The number of amides is 1. The molecule has 17 heavy (non-hydrogen) atoms. The molecule has 0 saturated heterocycles. The highest BCUT2D eigenvalue weighted by Gasteiger charge is 2.06. The Kier molecular flexibility index (Phi) is 3.76. The lowest BCUT2D eigenvalue weighted by Crippen LogP contribution is -2.17. The van der Waals surface area contributed by atoms with Crippen LogP contribution in [0.5, 0.6) is 0 Å². The van der Waals surface area contributed by atoms with Crippen LogP contribution in [0.4, 0.5) is 5.69 Å². The van der Waals surface area contributed by atoms with Crippen LogP contribution in [0.3, 0.4) is 0 Å². The molecule has 0 aliphatic heterocycles. The third-order valence-electron chi connectivity index (χ3n) is 2.42. The van der Waals surface area contributed by atoms with E-state index in [2.05, 4.69) is 21.2 Å². The molecule has 1 N–H and O–H groups in total. The van der Waals surface area contributed by atoms with Crippen molar-refractivity contribution in [2.24, 2.45) is 0 Å². The second-order valence-corrected chi connectivity index (χ2v) is 4.48. The first-order chi connectivity index (χ1) is 8.22. The first-order valence-electron chi connectivity index (χ1n) is 5.18. The molecule has 4 heteroatoms. The number of carbonyl (C=O) groups is 1. The summed E-state index contributed by atoms with van der Waals surface area (Å²) in [5.74, 6) is -0.153. The van der Waals surface area contributed by atoms with E-state index < -0.39 is 0 Å². The van der Waals surface area contributed by atoms with Crippen molar-refractivity contribution in [3.63, 3.8) is 0 Å². The van der Waals surface area contributed by atoms with Crippen LogP contribution in [0.1, 0.15) is 0 Å². The normalized spacial score (nSPS) is 10.5. The highest BCUT2D eigenvalue weighted by molar-refractivity contribution is 9.10. The predicted molar refractivity (Wildman–Crippen MR) is 72.2 cm³/mol. The molecule has 0 fully saturated rings. The summed E-state index contributed by atoms with van der Waals surface area (Å²) >= 11 is 3.49. The minimum Gasteiger partial charge on any atom is -0.375 e. The lowest BCUT2D eigenvalue weighted by Gasteiger charge is -2.09. The maximum atomic E-state index is 11.5. The summed E-state index contributed by atoms with van der Waals surface area (Å²) in [6, 6.07) is 11.7. The third kappa shape index (κ3) is 2.65. The number of halogens is 1. The average molecular weight is 294 g/mol. The fourth-order valence-electron chi connectivity index (χ4n) is 1.69. The average Bonchev–Trinajstić information content (AvgIpc) is 2.34. The number of hydrogen-bond donors (Lipinski definition) is 1. The van der Waals surface area contributed by atoms with E-state index >= 15 is 0 Å². The molecule has 3 nitrogen and oxygen atoms in total. The van der Waals surface area contributed by atoms with Crippen LogP contribution < -0.4 is 5.32 Å². The summed E-state index contributed by atoms with van der Waals surface area (Å²) in [5, 5.41) is 4.91. The summed E-state index contributed by atoms with van der Waals surface area (Å²) in [6.45, 7) is 0.0599. The highest BCUT2D eigenvalue weighted by Crippen LogP contribution is 2.29. The van der Waals surface area contributed by atoms with Crippen molar-refractivity contribution in [2.45, 2.75) is 0 Å². The van der Waals surface area contributed by atoms with Crippen LogP contribution in [0.15, 0.2) is 40.9 Å². The molecule has 1 amide bonds. The van der Waals surface area contributed by atoms with Gasteiger partial charge in [-0.25, -0.2) is 0 Å². The molecule has 0 aliphatic rings. The van der Waals surface area contributed by atoms with Gasteiger partial charge in [-0.15, -0.1) is 0 Å². The SMILES string of the molecule is COCC(=O)Nc1ccc(Br)c2ccccc12. The van der Waals surface area contributed by atoms with E-state index in [0.717, 1.165) is 20.9 Å². The van der Waals surface area contributed by atoms with Gasteiger partial charge < -0.3 is 10.1 Å². The van der Waals surface area contributed by atoms with Crippen LogP contribution in [0.25, 0.3) is 10.8 Å². The van der Waals surface area contributed by atoms with Gasteiger partial charge in [0.2, 0.25) is 5.91 Å². The zero-order chi connectivity index (χ0) is 12.3. The maximum Gasteiger partial charge on any atom is 0.250 e. The Morgan fingerprint density at radius 1 is 1.24 bits per heavy atom. The van der Waals surface area contributed by atoms with Gasteiger partial charge in [0.1, 0.15) is 6.61 Å². The molecule has 0 bridgehead atoms. The minimum atomic E-state index is -0.153. The Labute approximate surface area is 108 Å². The van der Waals surface area contributed by atoms with E-state index in [9.17, 15) is 4.79 Å². The number of anilines is 1. The standard InChI is InChI=1S/C13H12BrNO2/c1-17-8-13(16)15-12-7-6-11(14)9-4-2-3-5-10(9)12/h2-7H,8H2,1H3,(H,15,16). The van der Waals surface area contributed by atoms with Crippen molar-refractivity contribution >= 4 is 38.3 Å². The zero-order valence-electron chi connectivity index (χ0n) is 9.37. The van der Waals surface area contributed by atoms with Gasteiger partial charge in [0, 0.05) is 22.7 Å². The molecular formula is C13H12BrNO2. The Morgan fingerprint density at radius 2 is 1.94 bits per heavy atom. The van der Waals surface area contributed by atoms with E-state index in [-0.39, 0.29) is 12.5 Å². The molecule has 0 atom stereocenters. The lowest BCUT2D eigenvalue weighted by molar-refractivity contribution is -0.119. The van der Waals surface area contributed by atoms with Crippen molar-refractivity contribution in [2.75, 3.05) is 19.0 Å². The molecular weight excluding hydrogens is 282 g/mol. The molecule has 0 saturated carbocycles. The molecule has 0 aliphatic carbocycles. The van der Waals surface area contributed by atoms with Crippen molar-refractivity contribution < 1.29 is 9.53 Å². The number of nitrogens with one attached hydrogen (secondary N) is 1. The summed E-state index contributed by atoms with van der Waals surface area (Å²) in [5.41, 5.74) is 0.797. The third-order valence-corrected chi connectivity index (χ3v) is 3.11. The monoisotopic (exact) mass is 293 g/mol. The summed E-state index contributed by atoms with van der Waals surface area (Å²) in [7, 11) is 1.50. The number of rotatable bonds is 3. The van der Waals surface area contributed by atoms with Gasteiger partial charge >= 0.3 is 0 Å². The van der Waals surface area contributed by atoms with Gasteiger partial charge in [-0.1, -0.05) is 40.2 Å². The lowest BCUT2D eigenvalue weighted by atomic mass is 10.1. The van der Waals surface area contributed by atoms with E-state index in [1.54, 1.807) is 0 Å². The fourth-order valence-corrected chi connectivity index (χ4v) is 2.17. The van der Waals surface area contributed by atoms with Crippen molar-refractivity contribution in [1.29, 1.82) is 0 Å². The summed E-state index contributed by atoms with van der Waals surface area (Å²) < 4.78 is 5.80. The van der Waals surface area contributed by atoms with E-state index in [4.69, 9.17) is 4.74 Å². The molecule has 2 aromatic rings. The second-order valence-electron chi connectivity index (χ2n) is 3.62. The number of benzene rings is 2. The van der Waals surface area contributed by atoms with Crippen molar-refractivity contribution in [3.8, 4) is 0 Å². The van der Waals surface area contributed by atoms with Crippen molar-refractivity contribution in [1.82, 2.24) is 0 Å². The van der Waals surface area contributed by atoms with Gasteiger partial charge in [0.05, 0.1) is 0 Å². The molecule has 0 heterocycles. The maximum absolute atomic E-state index is 11.5. The Morgan fingerprint density at radius 3 is 2.65 bits per heavy atom. The van der Waals surface area contributed by atoms with E-state index in [0.29, 0.717) is 0 Å². The van der Waals surface area contributed by atoms with Gasteiger partial charge in [0.25, 0.3) is 0 Å². The molecule has 2 rings (SSSR count). The van der Waals surface area contributed by atoms with Crippen LogP contribution in [-0.4, -0.2) is 19.6 Å². The number of hydrogen-bond acceptors (Lipinski definition) is 2. The Balaban J connectivity index is 2.41. The molecule has 2 aromatic carbocycles. The largest absolute Gasteiger partial charge is 0.375 e. The van der Waals surface area contributed by atoms with Crippen LogP contribution in [0, 0.1) is 0 Å². The Bertz CT molecular complexity index is 554. The van der Waals surface area contributed by atoms with Crippen LogP contribution in [0.2, 0.25) is 0 Å². The highest BCUT2D eigenvalue weighted by atomic mass is 79.9. The van der Waals surface area contributed by atoms with Gasteiger partial charge in [-0.3, -0.25) is 4.79 Å². The number of ether oxygens (including phenoxy) is 1. The number of fused-ring (bicyclic) bond motifs is 1. The molecule has 0 radical (unpaired) electrons. The summed E-state index contributed by atoms with van der Waals surface area (Å²) in [6.07, 6.45) is 0. The molecule has 0 unspecified atom stereocenters. The summed E-state index contributed by atoms with van der Waals surface area (Å²) in [4.78, 5) is 11.5. The molecule has 0 spiro atoms. The quantitative estimate of drug-likeness (QED) is 0.944. The number of carbonyl (C=O) groups excluding carboxylic acids is 1. The van der Waals surface area contributed by atoms with Crippen LogP contribution >= 0.6 is 15.9 Å². The molecule has 0 aromatic heterocycles. The second kappa shape index (κ2) is 5.29. The van der Waals surface area contributed by atoms with Crippen molar-refractivity contribution in [3.05, 3.63) is 40.9 Å². The van der Waals surface area contributed by atoms with E-state index in [1.807, 2.05) is 36.4 Å². The predicted octanol–water partition coefficient (Wildman–Crippen LogP) is 3.19. The van der Waals surface area contributed by atoms with Gasteiger partial charge in [0.15, 0.2) is 0 Å². The topological polar surface area (TPSA) is 38.3 Å². The first-order valence-corrected chi connectivity index (χ1v) is 5.97. The first kappa shape index (κ1) is 12.1. The Hall–Kier alpha value is -1.39. The van der Waals surface area contributed by atoms with Gasteiger partial charge in [-0.05, 0) is 17.5 Å². The van der Waals surface area contributed by atoms with Gasteiger partial charge in [-0.2, -0.15) is 0 Å².